The summed E-state index contributed by atoms with van der Waals surface area (Å²) in [5.41, 5.74) is 6.94. The summed E-state index contributed by atoms with van der Waals surface area (Å²) in [6, 6.07) is 6.11. The minimum absolute atomic E-state index is 0.313. The molecule has 2 rings (SSSR count). The second-order valence-electron chi connectivity index (χ2n) is 5.04. The molecule has 4 nitrogen and oxygen atoms in total. The van der Waals surface area contributed by atoms with Gasteiger partial charge in [-0.05, 0) is 32.4 Å². The van der Waals surface area contributed by atoms with Crippen LogP contribution >= 0.6 is 11.3 Å². The van der Waals surface area contributed by atoms with Gasteiger partial charge >= 0.3 is 0 Å². The third-order valence-corrected chi connectivity index (χ3v) is 3.95. The van der Waals surface area contributed by atoms with Crippen molar-refractivity contribution in [1.82, 2.24) is 4.98 Å². The van der Waals surface area contributed by atoms with Crippen molar-refractivity contribution >= 4 is 32.6 Å². The molecule has 0 aliphatic carbocycles. The topological polar surface area (TPSA) is 68.0 Å². The fourth-order valence-electron chi connectivity index (χ4n) is 1.55. The van der Waals surface area contributed by atoms with Crippen LogP contribution in [0, 0.1) is 12.3 Å². The fraction of sp³-hybridized carbons (Fsp3) is 0.385. The number of nitrogens with one attached hydrogen (secondary N) is 1. The van der Waals surface area contributed by atoms with E-state index in [1.54, 1.807) is 11.3 Å². The lowest BCUT2D eigenvalue weighted by Crippen LogP contribution is -2.37. The Bertz CT molecular complexity index is 589. The summed E-state index contributed by atoms with van der Waals surface area (Å²) < 4.78 is 1.15. The average Bonchev–Trinajstić information content (AvgIpc) is 2.71. The second kappa shape index (κ2) is 4.57. The molecule has 3 N–H and O–H groups in total. The third kappa shape index (κ3) is 2.46. The molecule has 0 aliphatic heterocycles. The molecule has 1 amide bonds. The zero-order chi connectivity index (χ0) is 13.3. The largest absolute Gasteiger partial charge is 0.369 e. The number of para-hydroxylation sites is 1. The van der Waals surface area contributed by atoms with E-state index in [0.717, 1.165) is 20.9 Å². The minimum atomic E-state index is -0.576. The van der Waals surface area contributed by atoms with Gasteiger partial charge in [0.25, 0.3) is 0 Å². The Morgan fingerprint density at radius 2 is 2.22 bits per heavy atom. The van der Waals surface area contributed by atoms with E-state index in [4.69, 9.17) is 5.73 Å². The van der Waals surface area contributed by atoms with Gasteiger partial charge in [-0.1, -0.05) is 23.5 Å². The van der Waals surface area contributed by atoms with Crippen LogP contribution in [0.2, 0.25) is 0 Å². The van der Waals surface area contributed by atoms with Gasteiger partial charge in [0.15, 0.2) is 5.13 Å². The Hall–Kier alpha value is -1.62. The number of fused-ring (bicyclic) bond motifs is 1. The van der Waals surface area contributed by atoms with Crippen LogP contribution in [-0.4, -0.2) is 17.4 Å². The summed E-state index contributed by atoms with van der Waals surface area (Å²) in [7, 11) is 0. The van der Waals surface area contributed by atoms with Crippen molar-refractivity contribution < 1.29 is 4.79 Å². The van der Waals surface area contributed by atoms with E-state index in [9.17, 15) is 4.79 Å². The number of nitrogens with two attached hydrogens (primary N) is 1. The van der Waals surface area contributed by atoms with Crippen LogP contribution in [0.4, 0.5) is 5.13 Å². The molecule has 1 aromatic heterocycles. The van der Waals surface area contributed by atoms with Gasteiger partial charge in [0.2, 0.25) is 5.91 Å². The number of carbonyl (C=O) groups is 1. The first kappa shape index (κ1) is 12.8. The van der Waals surface area contributed by atoms with E-state index in [2.05, 4.69) is 10.3 Å². The molecule has 1 aromatic carbocycles. The quantitative estimate of drug-likeness (QED) is 0.890. The number of thiazole rings is 1. The van der Waals surface area contributed by atoms with E-state index >= 15 is 0 Å². The van der Waals surface area contributed by atoms with Gasteiger partial charge in [-0.2, -0.15) is 0 Å². The molecule has 96 valence electrons. The number of hydrogen-bond donors (Lipinski definition) is 2. The first-order valence-electron chi connectivity index (χ1n) is 5.80. The molecule has 1 heterocycles. The van der Waals surface area contributed by atoms with E-state index in [1.165, 1.54) is 0 Å². The molecule has 0 fully saturated rings. The van der Waals surface area contributed by atoms with Crippen LogP contribution in [0.15, 0.2) is 18.2 Å². The SMILES string of the molecule is Cc1cccc2sc(NCC(C)(C)C(N)=O)nc12. The van der Waals surface area contributed by atoms with Crippen LogP contribution < -0.4 is 11.1 Å². The van der Waals surface area contributed by atoms with E-state index < -0.39 is 5.41 Å². The van der Waals surface area contributed by atoms with Crippen LogP contribution in [-0.2, 0) is 4.79 Å². The van der Waals surface area contributed by atoms with Crippen LogP contribution in [0.3, 0.4) is 0 Å². The molecule has 0 bridgehead atoms. The Balaban J connectivity index is 2.18. The number of aryl methyl sites for hydroxylation is 1. The van der Waals surface area contributed by atoms with Crippen molar-refractivity contribution in [2.45, 2.75) is 20.8 Å². The maximum absolute atomic E-state index is 11.2. The van der Waals surface area contributed by atoms with Gasteiger partial charge < -0.3 is 11.1 Å². The molecule has 0 saturated heterocycles. The predicted molar refractivity (Wildman–Crippen MR) is 75.8 cm³/mol. The summed E-state index contributed by atoms with van der Waals surface area (Å²) >= 11 is 1.59. The number of benzene rings is 1. The normalized spacial score (nSPS) is 11.7. The maximum Gasteiger partial charge on any atom is 0.224 e. The number of rotatable bonds is 4. The molecule has 0 aliphatic rings. The number of carbonyl (C=O) groups excluding carboxylic acids is 1. The molecular formula is C13H17N3OS. The highest BCUT2D eigenvalue weighted by molar-refractivity contribution is 7.22. The molecule has 0 spiro atoms. The molecule has 0 unspecified atom stereocenters. The van der Waals surface area contributed by atoms with E-state index in [0.29, 0.717) is 6.54 Å². The number of aromatic nitrogens is 1. The zero-order valence-corrected chi connectivity index (χ0v) is 11.6. The van der Waals surface area contributed by atoms with Crippen LogP contribution in [0.5, 0.6) is 0 Å². The van der Waals surface area contributed by atoms with Crippen molar-refractivity contribution in [3.63, 3.8) is 0 Å². The summed E-state index contributed by atoms with van der Waals surface area (Å²) in [6.45, 7) is 6.17. The molecule has 0 saturated carbocycles. The van der Waals surface area contributed by atoms with Crippen molar-refractivity contribution in [1.29, 1.82) is 0 Å². The molecular weight excluding hydrogens is 246 g/mol. The van der Waals surface area contributed by atoms with Gasteiger partial charge in [-0.15, -0.1) is 0 Å². The molecule has 0 radical (unpaired) electrons. The fourth-order valence-corrected chi connectivity index (χ4v) is 2.48. The Labute approximate surface area is 110 Å². The van der Waals surface area contributed by atoms with Crippen molar-refractivity contribution in [3.05, 3.63) is 23.8 Å². The maximum atomic E-state index is 11.2. The summed E-state index contributed by atoms with van der Waals surface area (Å²) in [5, 5.41) is 4.02. The lowest BCUT2D eigenvalue weighted by Gasteiger charge is -2.20. The average molecular weight is 263 g/mol. The highest BCUT2D eigenvalue weighted by Gasteiger charge is 2.24. The van der Waals surface area contributed by atoms with Crippen molar-refractivity contribution in [2.24, 2.45) is 11.1 Å². The molecule has 18 heavy (non-hydrogen) atoms. The molecule has 0 atom stereocenters. The lowest BCUT2D eigenvalue weighted by atomic mass is 9.93. The minimum Gasteiger partial charge on any atom is -0.369 e. The monoisotopic (exact) mass is 263 g/mol. The molecule has 5 heteroatoms. The number of amides is 1. The number of anilines is 1. The Kier molecular flexibility index (Phi) is 3.26. The van der Waals surface area contributed by atoms with Crippen LogP contribution in [0.1, 0.15) is 19.4 Å². The number of nitrogens with zero attached hydrogens (tertiary/aromatic N) is 1. The van der Waals surface area contributed by atoms with E-state index in [-0.39, 0.29) is 5.91 Å². The number of primary amides is 1. The summed E-state index contributed by atoms with van der Waals surface area (Å²) in [5.74, 6) is -0.313. The summed E-state index contributed by atoms with van der Waals surface area (Å²) in [4.78, 5) is 15.8. The first-order valence-corrected chi connectivity index (χ1v) is 6.62. The second-order valence-corrected chi connectivity index (χ2v) is 6.07. The van der Waals surface area contributed by atoms with Crippen LogP contribution in [0.25, 0.3) is 10.2 Å². The smallest absolute Gasteiger partial charge is 0.224 e. The standard InChI is InChI=1S/C13H17N3OS/c1-8-5-4-6-9-10(8)16-12(18-9)15-7-13(2,3)11(14)17/h4-6H,7H2,1-3H3,(H2,14,17)(H,15,16). The van der Waals surface area contributed by atoms with Crippen molar-refractivity contribution in [2.75, 3.05) is 11.9 Å². The Morgan fingerprint density at radius 1 is 1.50 bits per heavy atom. The van der Waals surface area contributed by atoms with Gasteiger partial charge in [0.1, 0.15) is 0 Å². The first-order chi connectivity index (χ1) is 8.40. The third-order valence-electron chi connectivity index (χ3n) is 2.97. The highest BCUT2D eigenvalue weighted by atomic mass is 32.1. The Morgan fingerprint density at radius 3 is 2.83 bits per heavy atom. The van der Waals surface area contributed by atoms with Gasteiger partial charge in [-0.3, -0.25) is 4.79 Å². The highest BCUT2D eigenvalue weighted by Crippen LogP contribution is 2.28. The lowest BCUT2D eigenvalue weighted by molar-refractivity contribution is -0.125. The van der Waals surface area contributed by atoms with Gasteiger partial charge in [0, 0.05) is 6.54 Å². The zero-order valence-electron chi connectivity index (χ0n) is 10.8. The van der Waals surface area contributed by atoms with Gasteiger partial charge in [-0.25, -0.2) is 4.98 Å². The predicted octanol–water partition coefficient (Wildman–Crippen LogP) is 2.53. The number of hydrogen-bond acceptors (Lipinski definition) is 4. The molecule has 2 aromatic rings. The van der Waals surface area contributed by atoms with Gasteiger partial charge in [0.05, 0.1) is 15.6 Å². The van der Waals surface area contributed by atoms with E-state index in [1.807, 2.05) is 39.0 Å². The van der Waals surface area contributed by atoms with Crippen molar-refractivity contribution in [3.8, 4) is 0 Å². The summed E-state index contributed by atoms with van der Waals surface area (Å²) in [6.07, 6.45) is 0.